The molecule has 26 nitrogen and oxygen atoms in total. The lowest BCUT2D eigenvalue weighted by atomic mass is 10.0. The predicted molar refractivity (Wildman–Crippen MR) is 276 cm³/mol. The number of methoxy groups -OCH3 is 1. The van der Waals surface area contributed by atoms with Crippen LogP contribution in [-0.2, 0) is 52.9 Å². The van der Waals surface area contributed by atoms with Crippen LogP contribution in [0.4, 0.5) is 51.2 Å². The number of benzene rings is 6. The van der Waals surface area contributed by atoms with Crippen molar-refractivity contribution in [3.05, 3.63) is 103 Å². The molecule has 0 amide bonds. The molecule has 0 aliphatic rings. The average molecular weight is 1120 g/mol. The van der Waals surface area contributed by atoms with Crippen molar-refractivity contribution in [2.24, 2.45) is 30.7 Å². The summed E-state index contributed by atoms with van der Waals surface area (Å²) >= 11 is 0.533. The number of aromatic hydroxyl groups is 1. The SMILES string of the molecule is CCN(CC)c1cc(N)c(N=Nc2ccc(NS(=O)(=O)c3ccc(C)cc3)cc2)cc1OC.CN=Nc1cc(S(=O)(=O)O)c2cc(SOOO)c(N=Nc3ccc(S(=O)(=O)CCOSOOO)cc3)c(O)c2c1N. The van der Waals surface area contributed by atoms with Gasteiger partial charge in [0.15, 0.2) is 27.9 Å². The molecular formula is C43H48N10O16S5. The summed E-state index contributed by atoms with van der Waals surface area (Å²) in [5.41, 5.74) is 15.6. The maximum Gasteiger partial charge on any atom is 0.295 e. The van der Waals surface area contributed by atoms with E-state index in [2.05, 4.69) is 72.9 Å². The zero-order valence-corrected chi connectivity index (χ0v) is 43.7. The molecule has 0 aliphatic heterocycles. The molecule has 0 fully saturated rings. The Morgan fingerprint density at radius 2 is 1.35 bits per heavy atom. The first kappa shape index (κ1) is 58.3. The van der Waals surface area contributed by atoms with Crippen LogP contribution in [0, 0.1) is 6.92 Å². The number of hydrogen-bond donors (Lipinski definition) is 7. The summed E-state index contributed by atoms with van der Waals surface area (Å²) in [6.45, 7) is 7.40. The Hall–Kier alpha value is -6.59. The van der Waals surface area contributed by atoms with Crippen molar-refractivity contribution < 1.29 is 73.1 Å². The number of azo groups is 3. The molecule has 0 spiro atoms. The number of phenolic OH excluding ortho intramolecular Hbond substituents is 1. The van der Waals surface area contributed by atoms with Crippen LogP contribution in [0.25, 0.3) is 10.8 Å². The second-order valence-corrected chi connectivity index (χ2v) is 21.2. The lowest BCUT2D eigenvalue weighted by Gasteiger charge is -2.24. The van der Waals surface area contributed by atoms with E-state index in [9.17, 15) is 34.9 Å². The second-order valence-electron chi connectivity index (χ2n) is 14.8. The molecule has 6 aromatic carbocycles. The monoisotopic (exact) mass is 1120 g/mol. The molecule has 0 atom stereocenters. The minimum atomic E-state index is -4.87. The van der Waals surface area contributed by atoms with E-state index >= 15 is 0 Å². The van der Waals surface area contributed by atoms with Gasteiger partial charge in [0.1, 0.15) is 27.7 Å². The maximum absolute atomic E-state index is 12.5. The van der Waals surface area contributed by atoms with Crippen molar-refractivity contribution in [1.82, 2.24) is 0 Å². The van der Waals surface area contributed by atoms with Gasteiger partial charge in [0, 0.05) is 37.3 Å². The van der Waals surface area contributed by atoms with E-state index in [1.165, 1.54) is 31.3 Å². The van der Waals surface area contributed by atoms with Gasteiger partial charge in [0.25, 0.3) is 20.1 Å². The fraction of sp³-hybridized carbons (Fsp3) is 0.209. The van der Waals surface area contributed by atoms with Crippen LogP contribution in [0.1, 0.15) is 19.4 Å². The summed E-state index contributed by atoms with van der Waals surface area (Å²) in [4.78, 5) is 1.45. The van der Waals surface area contributed by atoms with Gasteiger partial charge in [-0.15, -0.1) is 18.9 Å². The Balaban J connectivity index is 0.000000280. The van der Waals surface area contributed by atoms with Gasteiger partial charge >= 0.3 is 0 Å². The van der Waals surface area contributed by atoms with Gasteiger partial charge in [0.2, 0.25) is 0 Å². The van der Waals surface area contributed by atoms with Crippen LogP contribution < -0.4 is 25.8 Å². The van der Waals surface area contributed by atoms with Crippen LogP contribution >= 0.6 is 24.4 Å². The largest absolute Gasteiger partial charge is 0.505 e. The van der Waals surface area contributed by atoms with Gasteiger partial charge in [-0.05, 0) is 99.6 Å². The van der Waals surface area contributed by atoms with Crippen LogP contribution in [0.2, 0.25) is 0 Å². The molecular weight excluding hydrogens is 1070 g/mol. The Bertz CT molecular complexity index is 3330. The Morgan fingerprint density at radius 1 is 0.743 bits per heavy atom. The highest BCUT2D eigenvalue weighted by Crippen LogP contribution is 2.50. The number of sulfone groups is 1. The van der Waals surface area contributed by atoms with Crippen LogP contribution in [0.3, 0.4) is 0 Å². The van der Waals surface area contributed by atoms with Crippen molar-refractivity contribution in [3.8, 4) is 11.5 Å². The Labute approximate surface area is 433 Å². The number of aryl methyl sites for hydroxylation is 1. The molecule has 0 saturated carbocycles. The molecule has 6 aromatic rings. The number of fused-ring (bicyclic) bond motifs is 1. The zero-order valence-electron chi connectivity index (χ0n) is 39.6. The summed E-state index contributed by atoms with van der Waals surface area (Å²) in [5, 5.41) is 57.7. The summed E-state index contributed by atoms with van der Waals surface area (Å²) in [6.07, 6.45) is 0. The number of hydrogen-bond acceptors (Lipinski definition) is 26. The predicted octanol–water partition coefficient (Wildman–Crippen LogP) is 10.4. The van der Waals surface area contributed by atoms with Crippen molar-refractivity contribution in [1.29, 1.82) is 0 Å². The summed E-state index contributed by atoms with van der Waals surface area (Å²) in [6, 6.07) is 24.0. The smallest absolute Gasteiger partial charge is 0.295 e. The number of anilines is 4. The van der Waals surface area contributed by atoms with Crippen molar-refractivity contribution in [3.63, 3.8) is 0 Å². The van der Waals surface area contributed by atoms with E-state index in [0.717, 1.165) is 36.5 Å². The zero-order chi connectivity index (χ0) is 54.2. The van der Waals surface area contributed by atoms with E-state index in [-0.39, 0.29) is 67.1 Å². The lowest BCUT2D eigenvalue weighted by molar-refractivity contribution is -0.434. The van der Waals surface area contributed by atoms with Gasteiger partial charge in [-0.1, -0.05) is 27.8 Å². The number of nitrogens with one attached hydrogen (secondary N) is 1. The molecule has 396 valence electrons. The number of rotatable bonds is 23. The molecule has 0 radical (unpaired) electrons. The highest BCUT2D eigenvalue weighted by molar-refractivity contribution is 7.94. The minimum absolute atomic E-state index is 0.0780. The van der Waals surface area contributed by atoms with Gasteiger partial charge in [-0.2, -0.15) is 28.9 Å². The van der Waals surface area contributed by atoms with Gasteiger partial charge in [0.05, 0.1) is 80.0 Å². The number of ether oxygens (including phenoxy) is 1. The summed E-state index contributed by atoms with van der Waals surface area (Å²) in [7, 11) is -9.42. The quantitative estimate of drug-likeness (QED) is 0.00596. The number of sulfonamides is 1. The Kier molecular flexibility index (Phi) is 20.9. The van der Waals surface area contributed by atoms with Crippen molar-refractivity contribution in [2.75, 3.05) is 60.7 Å². The molecule has 74 heavy (non-hydrogen) atoms. The number of phenols is 1. The third kappa shape index (κ3) is 15.2. The first-order valence-electron chi connectivity index (χ1n) is 21.1. The Morgan fingerprint density at radius 3 is 1.93 bits per heavy atom. The summed E-state index contributed by atoms with van der Waals surface area (Å²) < 4.78 is 105. The number of nitrogens with zero attached hydrogens (tertiary/aromatic N) is 7. The van der Waals surface area contributed by atoms with E-state index in [0.29, 0.717) is 40.5 Å². The molecule has 0 saturated heterocycles. The summed E-state index contributed by atoms with van der Waals surface area (Å²) in [5.74, 6) is -0.470. The molecule has 0 unspecified atom stereocenters. The third-order valence-electron chi connectivity index (χ3n) is 10.1. The molecule has 9 N–H and O–H groups in total. The van der Waals surface area contributed by atoms with Crippen LogP contribution in [0.5, 0.6) is 11.5 Å². The molecule has 6 rings (SSSR count). The highest BCUT2D eigenvalue weighted by atomic mass is 32.2. The van der Waals surface area contributed by atoms with Crippen LogP contribution in [-0.4, -0.2) is 85.0 Å². The van der Waals surface area contributed by atoms with Gasteiger partial charge < -0.3 is 26.2 Å². The average Bonchev–Trinajstić information content (AvgIpc) is 3.36. The first-order valence-corrected chi connectivity index (χ1v) is 27.1. The van der Waals surface area contributed by atoms with Crippen LogP contribution in [0.15, 0.2) is 147 Å². The molecule has 0 aliphatic carbocycles. The van der Waals surface area contributed by atoms with Gasteiger partial charge in [-0.25, -0.2) is 27.4 Å². The van der Waals surface area contributed by atoms with E-state index in [4.69, 9.17) is 30.9 Å². The molecule has 0 bridgehead atoms. The van der Waals surface area contributed by atoms with E-state index in [1.54, 1.807) is 61.7 Å². The molecule has 31 heteroatoms. The third-order valence-corrected chi connectivity index (χ3v) is 15.1. The highest BCUT2D eigenvalue weighted by Gasteiger charge is 2.26. The van der Waals surface area contributed by atoms with Crippen molar-refractivity contribution in [2.45, 2.75) is 40.4 Å². The first-order chi connectivity index (χ1) is 35.2. The molecule has 0 aromatic heterocycles. The second kappa shape index (κ2) is 26.6. The van der Waals surface area contributed by atoms with Crippen molar-refractivity contribution >= 4 is 116 Å². The standard InChI is InChI=1S/C24H29N5O3S.C19H19N5O13S4/c1-5-29(6-2)23-15-21(25)22(16-24(23)32-4)27-26-18-9-11-19(12-10-18)28-33(30,31)20-13-7-17(3)8-14-20;1-21-23-13-9-15(41(30,31)32)12-8-14(38-36-34-26)18(19(25)16(12)17(13)20)24-22-10-2-4-11(5-3-10)40(28,29)7-6-33-39-37-35-27/h7-16,28H,5-6,25H2,1-4H3;2-5,8-9,25-27H,6-7,20H2,1H3,(H,30,31,32). The fourth-order valence-electron chi connectivity index (χ4n) is 6.56. The lowest BCUT2D eigenvalue weighted by Crippen LogP contribution is -2.22. The number of nitrogens with two attached hydrogens (primary N) is 2. The minimum Gasteiger partial charge on any atom is -0.505 e. The number of nitrogen functional groups attached to an aromatic ring is 2. The van der Waals surface area contributed by atoms with E-state index in [1.807, 2.05) is 13.0 Å². The molecule has 0 heterocycles. The normalized spacial score (nSPS) is 12.2. The van der Waals surface area contributed by atoms with Gasteiger partial charge in [-0.3, -0.25) is 13.5 Å². The maximum atomic E-state index is 12.5. The topological polar surface area (TPSA) is 380 Å². The van der Waals surface area contributed by atoms with E-state index < -0.39 is 46.4 Å². The fourth-order valence-corrected chi connectivity index (χ4v) is 10.2.